The number of hydrogen-bond donors (Lipinski definition) is 1. The topological polar surface area (TPSA) is 97.6 Å². The molecule has 0 aliphatic carbocycles. The summed E-state index contributed by atoms with van der Waals surface area (Å²) in [5.74, 6) is -2.12. The molecular formula is C17H17BrN2O5. The minimum absolute atomic E-state index is 0.215. The summed E-state index contributed by atoms with van der Waals surface area (Å²) in [5.41, 5.74) is 0.418. The van der Waals surface area contributed by atoms with Crippen LogP contribution in [0.25, 0.3) is 0 Å². The summed E-state index contributed by atoms with van der Waals surface area (Å²) in [6, 6.07) is 7.25. The summed E-state index contributed by atoms with van der Waals surface area (Å²) in [6.45, 7) is 3.41. The zero-order valence-electron chi connectivity index (χ0n) is 13.8. The second-order valence-electron chi connectivity index (χ2n) is 5.64. The Morgan fingerprint density at radius 3 is 2.60 bits per heavy atom. The Kier molecular flexibility index (Phi) is 6.04. The highest BCUT2D eigenvalue weighted by Crippen LogP contribution is 2.29. The van der Waals surface area contributed by atoms with Gasteiger partial charge in [-0.05, 0) is 40.5 Å². The lowest BCUT2D eigenvalue weighted by atomic mass is 10.2. The van der Waals surface area contributed by atoms with Crippen LogP contribution in [-0.2, 0) is 19.1 Å². The molecule has 0 aromatic heterocycles. The molecule has 1 aliphatic rings. The Morgan fingerprint density at radius 1 is 1.32 bits per heavy atom. The number of cyclic esters (lactones) is 2. The van der Waals surface area contributed by atoms with Gasteiger partial charge in [-0.2, -0.15) is 5.26 Å². The summed E-state index contributed by atoms with van der Waals surface area (Å²) in [7, 11) is 0. The Balaban J connectivity index is 2.01. The molecule has 8 heteroatoms. The van der Waals surface area contributed by atoms with Crippen molar-refractivity contribution in [3.8, 4) is 11.8 Å². The number of nitriles is 1. The van der Waals surface area contributed by atoms with Gasteiger partial charge in [-0.15, -0.1) is 0 Å². The predicted molar refractivity (Wildman–Crippen MR) is 92.5 cm³/mol. The van der Waals surface area contributed by atoms with Gasteiger partial charge in [0.25, 0.3) is 5.79 Å². The largest absolute Gasteiger partial charge is 0.492 e. The maximum atomic E-state index is 11.9. The van der Waals surface area contributed by atoms with Gasteiger partial charge in [-0.3, -0.25) is 0 Å². The molecule has 1 aromatic rings. The highest BCUT2D eigenvalue weighted by atomic mass is 79.9. The van der Waals surface area contributed by atoms with Crippen molar-refractivity contribution in [3.63, 3.8) is 0 Å². The molecule has 1 aromatic carbocycles. The van der Waals surface area contributed by atoms with Crippen LogP contribution >= 0.6 is 15.9 Å². The van der Waals surface area contributed by atoms with Crippen LogP contribution < -0.4 is 10.1 Å². The van der Waals surface area contributed by atoms with Gasteiger partial charge in [0, 0.05) is 32.2 Å². The van der Waals surface area contributed by atoms with E-state index in [1.165, 1.54) is 20.0 Å². The molecule has 0 amide bonds. The number of nitrogens with zero attached hydrogens (tertiary/aromatic N) is 1. The number of rotatable bonds is 6. The van der Waals surface area contributed by atoms with Crippen LogP contribution in [0.3, 0.4) is 0 Å². The predicted octanol–water partition coefficient (Wildman–Crippen LogP) is 3.26. The first-order valence-corrected chi connectivity index (χ1v) is 8.34. The number of carbonyl (C=O) groups is 2. The van der Waals surface area contributed by atoms with Crippen molar-refractivity contribution < 1.29 is 23.8 Å². The molecule has 1 N–H and O–H groups in total. The lowest BCUT2D eigenvalue weighted by molar-refractivity contribution is -0.222. The Morgan fingerprint density at radius 2 is 2.00 bits per heavy atom. The Hall–Kier alpha value is -2.53. The molecule has 1 saturated heterocycles. The van der Waals surface area contributed by atoms with Gasteiger partial charge in [0.2, 0.25) is 0 Å². The summed E-state index contributed by atoms with van der Waals surface area (Å²) < 4.78 is 16.3. The van der Waals surface area contributed by atoms with Gasteiger partial charge in [-0.1, -0.05) is 0 Å². The van der Waals surface area contributed by atoms with Crippen molar-refractivity contribution in [1.82, 2.24) is 0 Å². The van der Waals surface area contributed by atoms with E-state index in [1.807, 2.05) is 0 Å². The average Bonchev–Trinajstić information content (AvgIpc) is 2.51. The third-order valence-corrected chi connectivity index (χ3v) is 3.74. The SMILES string of the molecule is CC1(C)OC(=O)C(=CNc2ccc(OCCCC#N)c(Br)c2)C(=O)O1. The van der Waals surface area contributed by atoms with Crippen LogP contribution in [-0.4, -0.2) is 24.3 Å². The fourth-order valence-corrected chi connectivity index (χ4v) is 2.47. The molecule has 0 radical (unpaired) electrons. The number of esters is 2. The molecule has 0 bridgehead atoms. The fourth-order valence-electron chi connectivity index (χ4n) is 1.97. The smallest absolute Gasteiger partial charge is 0.350 e. The molecule has 0 atom stereocenters. The first-order valence-electron chi connectivity index (χ1n) is 7.55. The first-order chi connectivity index (χ1) is 11.8. The van der Waals surface area contributed by atoms with Gasteiger partial charge >= 0.3 is 11.9 Å². The summed E-state index contributed by atoms with van der Waals surface area (Å²) >= 11 is 3.39. The van der Waals surface area contributed by atoms with Crippen molar-refractivity contribution in [2.45, 2.75) is 32.5 Å². The Bertz CT molecular complexity index is 730. The lowest BCUT2D eigenvalue weighted by Crippen LogP contribution is -2.42. The number of benzene rings is 1. The molecule has 25 heavy (non-hydrogen) atoms. The van der Waals surface area contributed by atoms with Gasteiger partial charge in [-0.25, -0.2) is 9.59 Å². The normalized spacial score (nSPS) is 15.7. The minimum Gasteiger partial charge on any atom is -0.492 e. The summed E-state index contributed by atoms with van der Waals surface area (Å²) in [4.78, 5) is 23.7. The van der Waals surface area contributed by atoms with E-state index in [0.717, 1.165) is 0 Å². The second-order valence-corrected chi connectivity index (χ2v) is 6.49. The number of nitrogens with one attached hydrogen (secondary N) is 1. The van der Waals surface area contributed by atoms with E-state index in [9.17, 15) is 9.59 Å². The molecule has 7 nitrogen and oxygen atoms in total. The summed E-state index contributed by atoms with van der Waals surface area (Å²) in [5, 5.41) is 11.3. The van der Waals surface area contributed by atoms with Crippen molar-refractivity contribution in [2.24, 2.45) is 0 Å². The van der Waals surface area contributed by atoms with Crippen LogP contribution in [0.1, 0.15) is 26.7 Å². The van der Waals surface area contributed by atoms with E-state index in [-0.39, 0.29) is 5.57 Å². The van der Waals surface area contributed by atoms with E-state index in [2.05, 4.69) is 27.3 Å². The molecule has 0 spiro atoms. The molecule has 2 rings (SSSR count). The highest BCUT2D eigenvalue weighted by molar-refractivity contribution is 9.10. The molecule has 132 valence electrons. The zero-order valence-corrected chi connectivity index (χ0v) is 15.4. The standard InChI is InChI=1S/C17H17BrN2O5/c1-17(2)24-15(21)12(16(22)25-17)10-20-11-5-6-14(13(18)9-11)23-8-4-3-7-19/h5-6,9-10,20H,3-4,8H2,1-2H3. The molecule has 0 unspecified atom stereocenters. The third-order valence-electron chi connectivity index (χ3n) is 3.12. The van der Waals surface area contributed by atoms with Crippen molar-refractivity contribution in [3.05, 3.63) is 34.4 Å². The van der Waals surface area contributed by atoms with Gasteiger partial charge < -0.3 is 19.5 Å². The number of ether oxygens (including phenoxy) is 3. The molecule has 1 aliphatic heterocycles. The molecular weight excluding hydrogens is 392 g/mol. The Labute approximate surface area is 153 Å². The highest BCUT2D eigenvalue weighted by Gasteiger charge is 2.38. The summed E-state index contributed by atoms with van der Waals surface area (Å²) in [6.07, 6.45) is 2.33. The molecule has 1 heterocycles. The monoisotopic (exact) mass is 408 g/mol. The zero-order chi connectivity index (χ0) is 18.4. The average molecular weight is 409 g/mol. The van der Waals surface area contributed by atoms with Crippen molar-refractivity contribution in [1.29, 1.82) is 5.26 Å². The quantitative estimate of drug-likeness (QED) is 0.333. The number of carbonyl (C=O) groups excluding carboxylic acids is 2. The van der Waals surface area contributed by atoms with Crippen LogP contribution in [0, 0.1) is 11.3 Å². The molecule has 0 saturated carbocycles. The van der Waals surface area contributed by atoms with Crippen molar-refractivity contribution >= 4 is 33.6 Å². The van der Waals surface area contributed by atoms with Crippen LogP contribution in [0.15, 0.2) is 34.4 Å². The van der Waals surface area contributed by atoms with Gasteiger partial charge in [0.05, 0.1) is 17.1 Å². The maximum Gasteiger partial charge on any atom is 0.350 e. The number of anilines is 1. The number of unbranched alkanes of at least 4 members (excludes halogenated alkanes) is 1. The third kappa shape index (κ3) is 5.22. The van der Waals surface area contributed by atoms with E-state index in [0.29, 0.717) is 35.4 Å². The number of halogens is 1. The fraction of sp³-hybridized carbons (Fsp3) is 0.353. The van der Waals surface area contributed by atoms with E-state index in [4.69, 9.17) is 19.5 Å². The van der Waals surface area contributed by atoms with Crippen molar-refractivity contribution in [2.75, 3.05) is 11.9 Å². The van der Waals surface area contributed by atoms with E-state index in [1.54, 1.807) is 18.2 Å². The lowest BCUT2D eigenvalue weighted by Gasteiger charge is -2.29. The minimum atomic E-state index is -1.26. The van der Waals surface area contributed by atoms with Gasteiger partial charge in [0.15, 0.2) is 5.57 Å². The van der Waals surface area contributed by atoms with Crippen LogP contribution in [0.4, 0.5) is 5.69 Å². The first kappa shape index (κ1) is 18.8. The van der Waals surface area contributed by atoms with Gasteiger partial charge in [0.1, 0.15) is 5.75 Å². The molecule has 1 fully saturated rings. The maximum absolute atomic E-state index is 11.9. The van der Waals surface area contributed by atoms with E-state index >= 15 is 0 Å². The van der Waals surface area contributed by atoms with Crippen LogP contribution in [0.2, 0.25) is 0 Å². The van der Waals surface area contributed by atoms with E-state index < -0.39 is 17.7 Å². The van der Waals surface area contributed by atoms with Crippen LogP contribution in [0.5, 0.6) is 5.75 Å². The second kappa shape index (κ2) is 8.03. The number of hydrogen-bond acceptors (Lipinski definition) is 7.